The highest BCUT2D eigenvalue weighted by Crippen LogP contribution is 2.07. The number of H-pyrrole nitrogens is 1. The summed E-state index contributed by atoms with van der Waals surface area (Å²) >= 11 is 6.80. The van der Waals surface area contributed by atoms with E-state index in [2.05, 4.69) is 15.3 Å². The monoisotopic (exact) mass is 269 g/mol. The van der Waals surface area contributed by atoms with Crippen molar-refractivity contribution in [2.24, 2.45) is 0 Å². The Kier molecular flexibility index (Phi) is 3.55. The second-order valence-electron chi connectivity index (χ2n) is 3.22. The van der Waals surface area contributed by atoms with Crippen molar-refractivity contribution in [3.8, 4) is 0 Å². The number of hydrogen-bond donors (Lipinski definition) is 2. The first-order valence-corrected chi connectivity index (χ1v) is 5.97. The van der Waals surface area contributed by atoms with Crippen LogP contribution < -0.4 is 10.2 Å². The minimum absolute atomic E-state index is 0.143. The summed E-state index contributed by atoms with van der Waals surface area (Å²) in [5.74, 6) is -0.334. The highest BCUT2D eigenvalue weighted by atomic mass is 35.5. The normalized spacial score (nSPS) is 10.2. The van der Waals surface area contributed by atoms with Gasteiger partial charge in [-0.2, -0.15) is 0 Å². The number of aromatic amines is 1. The summed E-state index contributed by atoms with van der Waals surface area (Å²) in [6, 6.07) is 3.07. The van der Waals surface area contributed by atoms with Crippen molar-refractivity contribution < 1.29 is 4.79 Å². The molecule has 0 saturated heterocycles. The summed E-state index contributed by atoms with van der Waals surface area (Å²) in [5.41, 5.74) is 0.908. The molecule has 5 nitrogen and oxygen atoms in total. The number of nitrogens with one attached hydrogen (secondary N) is 2. The Morgan fingerprint density at radius 2 is 2.41 bits per heavy atom. The van der Waals surface area contributed by atoms with Gasteiger partial charge in [-0.05, 0) is 12.1 Å². The third-order valence-corrected chi connectivity index (χ3v) is 2.92. The second-order valence-corrected chi connectivity index (χ2v) is 4.49. The molecule has 88 valence electrons. The third kappa shape index (κ3) is 3.15. The van der Waals surface area contributed by atoms with Crippen LogP contribution in [-0.2, 0) is 6.54 Å². The number of aromatic nitrogens is 2. The first kappa shape index (κ1) is 11.8. The maximum atomic E-state index is 11.7. The average Bonchev–Trinajstić information content (AvgIpc) is 2.72. The van der Waals surface area contributed by atoms with E-state index in [0.717, 1.165) is 11.3 Å². The molecule has 0 aliphatic carbocycles. The van der Waals surface area contributed by atoms with E-state index in [1.54, 1.807) is 11.4 Å². The van der Waals surface area contributed by atoms with Crippen LogP contribution in [0.3, 0.4) is 0 Å². The van der Waals surface area contributed by atoms with Gasteiger partial charge in [-0.15, -0.1) is 0 Å². The predicted molar refractivity (Wildman–Crippen MR) is 65.4 cm³/mol. The number of rotatable bonds is 3. The molecular weight excluding hydrogens is 262 g/mol. The highest BCUT2D eigenvalue weighted by Gasteiger charge is 2.07. The number of carbonyl (C=O) groups is 1. The molecule has 7 heteroatoms. The lowest BCUT2D eigenvalue weighted by molar-refractivity contribution is 0.0945. The smallest absolute Gasteiger partial charge is 0.304 e. The van der Waals surface area contributed by atoms with Gasteiger partial charge in [-0.25, -0.2) is 0 Å². The summed E-state index contributed by atoms with van der Waals surface area (Å²) < 4.78 is 0. The van der Waals surface area contributed by atoms with Gasteiger partial charge in [-0.3, -0.25) is 14.6 Å². The van der Waals surface area contributed by atoms with Crippen molar-refractivity contribution in [1.82, 2.24) is 15.3 Å². The van der Waals surface area contributed by atoms with E-state index in [4.69, 9.17) is 11.6 Å². The summed E-state index contributed by atoms with van der Waals surface area (Å²) in [6.07, 6.45) is 1.46. The zero-order valence-electron chi connectivity index (χ0n) is 8.57. The molecular formula is C10H8ClN3O2S. The Hall–Kier alpha value is -1.66. The number of amides is 1. The quantitative estimate of drug-likeness (QED) is 0.885. The van der Waals surface area contributed by atoms with Crippen LogP contribution in [0.4, 0.5) is 0 Å². The zero-order valence-corrected chi connectivity index (χ0v) is 10.1. The van der Waals surface area contributed by atoms with Crippen molar-refractivity contribution >= 4 is 28.8 Å². The Morgan fingerprint density at radius 3 is 3.06 bits per heavy atom. The van der Waals surface area contributed by atoms with Crippen LogP contribution >= 0.6 is 22.9 Å². The average molecular weight is 270 g/mol. The number of nitrogens with zero attached hydrogens (tertiary/aromatic N) is 1. The number of carbonyl (C=O) groups excluding carboxylic acids is 1. The fraction of sp³-hybridized carbons (Fsp3) is 0.100. The molecule has 0 fully saturated rings. The number of hydrogen-bond acceptors (Lipinski definition) is 4. The van der Waals surface area contributed by atoms with Gasteiger partial charge in [-0.1, -0.05) is 22.9 Å². The summed E-state index contributed by atoms with van der Waals surface area (Å²) in [7, 11) is 0. The molecule has 0 saturated carbocycles. The van der Waals surface area contributed by atoms with Crippen molar-refractivity contribution in [2.75, 3.05) is 0 Å². The van der Waals surface area contributed by atoms with Gasteiger partial charge in [0.2, 0.25) is 0 Å². The molecule has 2 N–H and O–H groups in total. The lowest BCUT2D eigenvalue weighted by Gasteiger charge is -2.02. The van der Waals surface area contributed by atoms with Gasteiger partial charge in [0.15, 0.2) is 0 Å². The van der Waals surface area contributed by atoms with E-state index in [-0.39, 0.29) is 23.0 Å². The van der Waals surface area contributed by atoms with Crippen LogP contribution in [0.2, 0.25) is 5.02 Å². The zero-order chi connectivity index (χ0) is 12.3. The molecule has 0 aromatic carbocycles. The maximum absolute atomic E-state index is 11.7. The maximum Gasteiger partial charge on any atom is 0.304 e. The molecule has 0 radical (unpaired) electrons. The fourth-order valence-corrected chi connectivity index (χ4v) is 1.94. The number of pyridine rings is 1. The SMILES string of the molecule is O=C(NCc1csc(=O)[nH]1)c1cc(Cl)ccn1. The number of thiazole rings is 1. The third-order valence-electron chi connectivity index (χ3n) is 1.96. The summed E-state index contributed by atoms with van der Waals surface area (Å²) in [6.45, 7) is 0.256. The van der Waals surface area contributed by atoms with Crippen molar-refractivity contribution in [2.45, 2.75) is 6.54 Å². The van der Waals surface area contributed by atoms with E-state index < -0.39 is 0 Å². The molecule has 2 aromatic rings. The largest absolute Gasteiger partial charge is 0.345 e. The molecule has 2 heterocycles. The Labute approximate surface area is 105 Å². The fourth-order valence-electron chi connectivity index (χ4n) is 1.20. The second kappa shape index (κ2) is 5.11. The molecule has 2 rings (SSSR count). The van der Waals surface area contributed by atoms with Crippen molar-refractivity contribution in [1.29, 1.82) is 0 Å². The van der Waals surface area contributed by atoms with Crippen LogP contribution in [0, 0.1) is 0 Å². The Balaban J connectivity index is 2.00. The van der Waals surface area contributed by atoms with Crippen LogP contribution in [0.5, 0.6) is 0 Å². The Bertz CT molecular complexity index is 593. The van der Waals surface area contributed by atoms with E-state index in [1.807, 2.05) is 0 Å². The standard InChI is InChI=1S/C10H8ClN3O2S/c11-6-1-2-12-8(3-6)9(15)13-4-7-5-17-10(16)14-7/h1-3,5H,4H2,(H,13,15)(H,14,16). The van der Waals surface area contributed by atoms with Crippen LogP contribution in [0.1, 0.15) is 16.2 Å². The lowest BCUT2D eigenvalue weighted by Crippen LogP contribution is -2.24. The van der Waals surface area contributed by atoms with Crippen LogP contribution in [-0.4, -0.2) is 15.9 Å². The van der Waals surface area contributed by atoms with Crippen LogP contribution in [0.25, 0.3) is 0 Å². The van der Waals surface area contributed by atoms with Crippen LogP contribution in [0.15, 0.2) is 28.5 Å². The predicted octanol–water partition coefficient (Wildman–Crippen LogP) is 1.41. The van der Waals surface area contributed by atoms with Gasteiger partial charge in [0.25, 0.3) is 5.91 Å². The molecule has 0 atom stereocenters. The minimum Gasteiger partial charge on any atom is -0.345 e. The molecule has 0 aliphatic heterocycles. The highest BCUT2D eigenvalue weighted by molar-refractivity contribution is 7.07. The minimum atomic E-state index is -0.334. The van der Waals surface area contributed by atoms with Crippen molar-refractivity contribution in [3.63, 3.8) is 0 Å². The van der Waals surface area contributed by atoms with Gasteiger partial charge >= 0.3 is 4.87 Å². The van der Waals surface area contributed by atoms with E-state index in [1.165, 1.54) is 12.3 Å². The molecule has 0 bridgehead atoms. The van der Waals surface area contributed by atoms with Gasteiger partial charge < -0.3 is 10.3 Å². The first-order valence-electron chi connectivity index (χ1n) is 4.71. The lowest BCUT2D eigenvalue weighted by atomic mass is 10.3. The van der Waals surface area contributed by atoms with E-state index in [9.17, 15) is 9.59 Å². The van der Waals surface area contributed by atoms with E-state index >= 15 is 0 Å². The molecule has 0 aliphatic rings. The first-order chi connectivity index (χ1) is 8.15. The number of halogens is 1. The topological polar surface area (TPSA) is 74.8 Å². The van der Waals surface area contributed by atoms with Gasteiger partial charge in [0.1, 0.15) is 5.69 Å². The summed E-state index contributed by atoms with van der Waals surface area (Å²) in [4.78, 5) is 28.9. The molecule has 0 unspecified atom stereocenters. The van der Waals surface area contributed by atoms with Crippen molar-refractivity contribution in [3.05, 3.63) is 49.8 Å². The Morgan fingerprint density at radius 1 is 1.59 bits per heavy atom. The van der Waals surface area contributed by atoms with Gasteiger partial charge in [0.05, 0.1) is 6.54 Å². The molecule has 2 aromatic heterocycles. The van der Waals surface area contributed by atoms with E-state index in [0.29, 0.717) is 10.7 Å². The van der Waals surface area contributed by atoms with Gasteiger partial charge in [0, 0.05) is 22.3 Å². The molecule has 17 heavy (non-hydrogen) atoms. The summed E-state index contributed by atoms with van der Waals surface area (Å²) in [5, 5.41) is 4.75. The molecule has 0 spiro atoms. The molecule has 1 amide bonds.